The summed E-state index contributed by atoms with van der Waals surface area (Å²) in [5.41, 5.74) is 6.12. The third-order valence-corrected chi connectivity index (χ3v) is 5.46. The summed E-state index contributed by atoms with van der Waals surface area (Å²) in [5, 5.41) is 0. The monoisotopic (exact) mass is 302 g/mol. The minimum atomic E-state index is -3.54. The van der Waals surface area contributed by atoms with Gasteiger partial charge in [-0.3, -0.25) is 0 Å². The third kappa shape index (κ3) is 2.93. The molecule has 0 bridgehead atoms. The molecule has 9 heteroatoms. The number of hydrogen-bond donors (Lipinski definition) is 3. The molecule has 2 aromatic heterocycles. The van der Waals surface area contributed by atoms with Crippen molar-refractivity contribution in [3.05, 3.63) is 35.2 Å². The van der Waals surface area contributed by atoms with Crippen molar-refractivity contribution in [2.45, 2.75) is 10.8 Å². The molecule has 0 aromatic carbocycles. The van der Waals surface area contributed by atoms with E-state index in [1.165, 1.54) is 12.4 Å². The van der Waals surface area contributed by atoms with Crippen molar-refractivity contribution in [1.29, 1.82) is 0 Å². The zero-order valence-electron chi connectivity index (χ0n) is 9.08. The van der Waals surface area contributed by atoms with Gasteiger partial charge in [-0.1, -0.05) is 12.2 Å². The molecule has 0 saturated heterocycles. The SMILES string of the molecule is NC(=S)c1ccc(S(=O)(=O)NCc2cnc[nH]2)s1. The number of imidazole rings is 1. The van der Waals surface area contributed by atoms with Gasteiger partial charge in [-0.15, -0.1) is 11.3 Å². The molecule has 0 unspecified atom stereocenters. The average molecular weight is 302 g/mol. The molecule has 18 heavy (non-hydrogen) atoms. The van der Waals surface area contributed by atoms with Crippen molar-refractivity contribution < 1.29 is 8.42 Å². The normalized spacial score (nSPS) is 11.6. The summed E-state index contributed by atoms with van der Waals surface area (Å²) in [4.78, 5) is 7.38. The standard InChI is InChI=1S/C9H10N4O2S3/c10-9(16)7-1-2-8(17-7)18(14,15)13-4-6-3-11-5-12-6/h1-3,5,13H,4H2,(H2,10,16)(H,11,12). The number of sulfonamides is 1. The molecule has 4 N–H and O–H groups in total. The summed E-state index contributed by atoms with van der Waals surface area (Å²) in [5.74, 6) is 0. The van der Waals surface area contributed by atoms with E-state index in [4.69, 9.17) is 18.0 Å². The maximum atomic E-state index is 11.9. The zero-order valence-corrected chi connectivity index (χ0v) is 11.5. The van der Waals surface area contributed by atoms with E-state index in [1.54, 1.807) is 12.3 Å². The Morgan fingerprint density at radius 1 is 1.56 bits per heavy atom. The maximum Gasteiger partial charge on any atom is 0.250 e. The van der Waals surface area contributed by atoms with E-state index in [0.717, 1.165) is 11.3 Å². The van der Waals surface area contributed by atoms with Gasteiger partial charge >= 0.3 is 0 Å². The van der Waals surface area contributed by atoms with Crippen LogP contribution in [-0.4, -0.2) is 23.4 Å². The Labute approximate surface area is 113 Å². The number of hydrogen-bond acceptors (Lipinski definition) is 5. The van der Waals surface area contributed by atoms with Gasteiger partial charge in [0.2, 0.25) is 10.0 Å². The summed E-state index contributed by atoms with van der Waals surface area (Å²) >= 11 is 5.83. The first-order valence-electron chi connectivity index (χ1n) is 4.85. The first kappa shape index (κ1) is 13.1. The summed E-state index contributed by atoms with van der Waals surface area (Å²) < 4.78 is 26.5. The van der Waals surface area contributed by atoms with Crippen molar-refractivity contribution in [1.82, 2.24) is 14.7 Å². The van der Waals surface area contributed by atoms with Gasteiger partial charge in [0.1, 0.15) is 9.20 Å². The summed E-state index contributed by atoms with van der Waals surface area (Å²) in [6.45, 7) is 0.155. The summed E-state index contributed by atoms with van der Waals surface area (Å²) in [7, 11) is -3.54. The molecule has 0 saturated carbocycles. The smallest absolute Gasteiger partial charge is 0.250 e. The second-order valence-corrected chi connectivity index (χ2v) is 6.90. The molecule has 2 aromatic rings. The highest BCUT2D eigenvalue weighted by atomic mass is 32.2. The molecule has 2 rings (SSSR count). The lowest BCUT2D eigenvalue weighted by Gasteiger charge is -2.02. The molecule has 96 valence electrons. The molecule has 2 heterocycles. The molecular formula is C9H10N4O2S3. The number of H-pyrrole nitrogens is 1. The van der Waals surface area contributed by atoms with Crippen LogP contribution in [0.15, 0.2) is 28.9 Å². The van der Waals surface area contributed by atoms with Gasteiger partial charge < -0.3 is 10.7 Å². The molecular weight excluding hydrogens is 292 g/mol. The van der Waals surface area contributed by atoms with E-state index in [0.29, 0.717) is 10.6 Å². The maximum absolute atomic E-state index is 11.9. The van der Waals surface area contributed by atoms with Gasteiger partial charge in [0.05, 0.1) is 17.7 Å². The van der Waals surface area contributed by atoms with Crippen molar-refractivity contribution in [3.8, 4) is 0 Å². The molecule has 0 atom stereocenters. The first-order valence-corrected chi connectivity index (χ1v) is 7.56. The highest BCUT2D eigenvalue weighted by Gasteiger charge is 2.17. The van der Waals surface area contributed by atoms with Gasteiger partial charge in [-0.05, 0) is 12.1 Å². The van der Waals surface area contributed by atoms with Gasteiger partial charge in [0.25, 0.3) is 0 Å². The molecule has 0 amide bonds. The fourth-order valence-electron chi connectivity index (χ4n) is 1.22. The average Bonchev–Trinajstić information content (AvgIpc) is 2.98. The minimum absolute atomic E-state index is 0.155. The predicted molar refractivity (Wildman–Crippen MR) is 72.8 cm³/mol. The Hall–Kier alpha value is -1.29. The van der Waals surface area contributed by atoms with E-state index in [1.807, 2.05) is 0 Å². The predicted octanol–water partition coefficient (Wildman–Crippen LogP) is 0.584. The fraction of sp³-hybridized carbons (Fsp3) is 0.111. The van der Waals surface area contributed by atoms with Crippen molar-refractivity contribution in [2.75, 3.05) is 0 Å². The van der Waals surface area contributed by atoms with E-state index in [-0.39, 0.29) is 15.7 Å². The molecule has 0 fully saturated rings. The van der Waals surface area contributed by atoms with Gasteiger partial charge in [0, 0.05) is 11.9 Å². The summed E-state index contributed by atoms with van der Waals surface area (Å²) in [6, 6.07) is 3.08. The van der Waals surface area contributed by atoms with Crippen LogP contribution < -0.4 is 10.5 Å². The van der Waals surface area contributed by atoms with Gasteiger partial charge in [-0.25, -0.2) is 18.1 Å². The number of aromatic amines is 1. The first-order chi connectivity index (χ1) is 8.49. The van der Waals surface area contributed by atoms with E-state index >= 15 is 0 Å². The number of aromatic nitrogens is 2. The highest BCUT2D eigenvalue weighted by Crippen LogP contribution is 2.21. The van der Waals surface area contributed by atoms with Crippen LogP contribution in [0.1, 0.15) is 10.6 Å². The second kappa shape index (κ2) is 5.14. The Kier molecular flexibility index (Phi) is 3.76. The molecule has 0 aliphatic carbocycles. The van der Waals surface area contributed by atoms with Crippen molar-refractivity contribution in [2.24, 2.45) is 5.73 Å². The summed E-state index contributed by atoms with van der Waals surface area (Å²) in [6.07, 6.45) is 3.04. The van der Waals surface area contributed by atoms with Crippen LogP contribution in [0.5, 0.6) is 0 Å². The van der Waals surface area contributed by atoms with Crippen LogP contribution in [0, 0.1) is 0 Å². The van der Waals surface area contributed by atoms with E-state index in [2.05, 4.69) is 14.7 Å². The molecule has 6 nitrogen and oxygen atoms in total. The topological polar surface area (TPSA) is 101 Å². The number of nitrogens with zero attached hydrogens (tertiary/aromatic N) is 1. The Morgan fingerprint density at radius 3 is 2.89 bits per heavy atom. The molecule has 0 aliphatic heterocycles. The second-order valence-electron chi connectivity index (χ2n) is 3.38. The van der Waals surface area contributed by atoms with Crippen molar-refractivity contribution >= 4 is 38.6 Å². The van der Waals surface area contributed by atoms with Gasteiger partial charge in [-0.2, -0.15) is 0 Å². The Morgan fingerprint density at radius 2 is 2.33 bits per heavy atom. The number of nitrogens with two attached hydrogens (primary N) is 1. The van der Waals surface area contributed by atoms with Crippen LogP contribution in [0.25, 0.3) is 0 Å². The lowest BCUT2D eigenvalue weighted by Crippen LogP contribution is -2.22. The molecule has 0 spiro atoms. The largest absolute Gasteiger partial charge is 0.389 e. The van der Waals surface area contributed by atoms with E-state index in [9.17, 15) is 8.42 Å². The number of thiocarbonyl (C=S) groups is 1. The van der Waals surface area contributed by atoms with Crippen LogP contribution in [-0.2, 0) is 16.6 Å². The molecule has 0 aliphatic rings. The highest BCUT2D eigenvalue weighted by molar-refractivity contribution is 7.91. The van der Waals surface area contributed by atoms with Crippen LogP contribution in [0.2, 0.25) is 0 Å². The van der Waals surface area contributed by atoms with Crippen LogP contribution in [0.3, 0.4) is 0 Å². The van der Waals surface area contributed by atoms with E-state index < -0.39 is 10.0 Å². The minimum Gasteiger partial charge on any atom is -0.389 e. The lowest BCUT2D eigenvalue weighted by molar-refractivity contribution is 0.582. The lowest BCUT2D eigenvalue weighted by atomic mass is 10.5. The molecule has 0 radical (unpaired) electrons. The quantitative estimate of drug-likeness (QED) is 0.702. The zero-order chi connectivity index (χ0) is 13.2. The van der Waals surface area contributed by atoms with Crippen LogP contribution in [0.4, 0.5) is 0 Å². The van der Waals surface area contributed by atoms with Crippen LogP contribution >= 0.6 is 23.6 Å². The Balaban J connectivity index is 2.12. The number of rotatable bonds is 5. The Bertz CT molecular complexity index is 645. The third-order valence-electron chi connectivity index (χ3n) is 2.10. The van der Waals surface area contributed by atoms with Crippen molar-refractivity contribution in [3.63, 3.8) is 0 Å². The van der Waals surface area contributed by atoms with Gasteiger partial charge in [0.15, 0.2) is 0 Å². The number of thiophene rings is 1. The fourth-order valence-corrected chi connectivity index (χ4v) is 3.62. The number of nitrogens with one attached hydrogen (secondary N) is 2.